The van der Waals surface area contributed by atoms with E-state index >= 15 is 0 Å². The third-order valence-corrected chi connectivity index (χ3v) is 1.63. The Kier molecular flexibility index (Phi) is 3.28. The molecule has 4 N–H and O–H groups in total. The Hall–Kier alpha value is -0.835. The Labute approximate surface area is 72.0 Å². The van der Waals surface area contributed by atoms with Gasteiger partial charge in [-0.2, -0.15) is 0 Å². The summed E-state index contributed by atoms with van der Waals surface area (Å²) in [6, 6.07) is 6.98. The molecule has 1 radical (unpaired) electrons. The molecule has 1 rings (SSSR count). The average Bonchev–Trinajstić information content (AvgIpc) is 2.06. The quantitative estimate of drug-likeness (QED) is 0.503. The third kappa shape index (κ3) is 2.34. The van der Waals surface area contributed by atoms with Crippen molar-refractivity contribution in [2.75, 3.05) is 0 Å². The molecule has 0 unspecified atom stereocenters. The molecule has 0 aliphatic rings. The fourth-order valence-corrected chi connectivity index (χ4v) is 0.962. The van der Waals surface area contributed by atoms with Crippen molar-refractivity contribution >= 4 is 12.6 Å². The van der Waals surface area contributed by atoms with Gasteiger partial charge in [-0.15, -0.1) is 0 Å². The highest BCUT2D eigenvalue weighted by Crippen LogP contribution is 1.98. The van der Waals surface area contributed by atoms with E-state index in [0.717, 1.165) is 5.56 Å². The van der Waals surface area contributed by atoms with Crippen LogP contribution >= 0.6 is 0 Å². The highest BCUT2D eigenvalue weighted by molar-refractivity contribution is 6.58. The summed E-state index contributed by atoms with van der Waals surface area (Å²) >= 11 is 0. The third-order valence-electron chi connectivity index (χ3n) is 1.63. The van der Waals surface area contributed by atoms with Crippen LogP contribution in [-0.4, -0.2) is 17.2 Å². The molecule has 1 aromatic rings. The fourth-order valence-electron chi connectivity index (χ4n) is 0.962. The van der Waals surface area contributed by atoms with Gasteiger partial charge >= 0.3 is 7.12 Å². The van der Waals surface area contributed by atoms with Crippen molar-refractivity contribution in [2.45, 2.75) is 6.42 Å². The van der Waals surface area contributed by atoms with E-state index in [4.69, 9.17) is 15.8 Å². The van der Waals surface area contributed by atoms with Crippen LogP contribution in [0.2, 0.25) is 0 Å². The Morgan fingerprint density at radius 2 is 1.83 bits per heavy atom. The zero-order valence-corrected chi connectivity index (χ0v) is 6.64. The molecule has 0 aliphatic carbocycles. The predicted octanol–water partition coefficient (Wildman–Crippen LogP) is -0.971. The van der Waals surface area contributed by atoms with Crippen molar-refractivity contribution in [3.8, 4) is 0 Å². The maximum Gasteiger partial charge on any atom is 0.488 e. The second kappa shape index (κ2) is 4.26. The maximum atomic E-state index is 8.77. The molecule has 0 amide bonds. The van der Waals surface area contributed by atoms with Gasteiger partial charge in [-0.25, -0.2) is 0 Å². The lowest BCUT2D eigenvalue weighted by atomic mass is 9.80. The van der Waals surface area contributed by atoms with Gasteiger partial charge in [0.25, 0.3) is 0 Å². The van der Waals surface area contributed by atoms with Crippen LogP contribution in [0.15, 0.2) is 24.3 Å². The van der Waals surface area contributed by atoms with Gasteiger partial charge in [-0.1, -0.05) is 24.3 Å². The molecule has 0 heterocycles. The summed E-state index contributed by atoms with van der Waals surface area (Å²) < 4.78 is 0. The van der Waals surface area contributed by atoms with E-state index in [0.29, 0.717) is 11.9 Å². The van der Waals surface area contributed by atoms with E-state index in [-0.39, 0.29) is 0 Å². The summed E-state index contributed by atoms with van der Waals surface area (Å²) in [6.07, 6.45) is 0.696. The van der Waals surface area contributed by atoms with E-state index in [1.165, 1.54) is 0 Å². The molecule has 0 aliphatic heterocycles. The molecule has 63 valence electrons. The number of rotatable bonds is 3. The van der Waals surface area contributed by atoms with E-state index in [1.807, 2.05) is 12.1 Å². The number of hydrogen-bond donors (Lipinski definition) is 3. The second-order valence-electron chi connectivity index (χ2n) is 2.56. The first-order valence-electron chi connectivity index (χ1n) is 3.72. The lowest BCUT2D eigenvalue weighted by molar-refractivity contribution is 0.426. The summed E-state index contributed by atoms with van der Waals surface area (Å²) in [7, 11) is -1.39. The maximum absolute atomic E-state index is 8.77. The summed E-state index contributed by atoms with van der Waals surface area (Å²) in [4.78, 5) is 0. The minimum Gasteiger partial charge on any atom is -0.423 e. The molecular weight excluding hydrogens is 153 g/mol. The zero-order chi connectivity index (χ0) is 8.97. The molecule has 0 aromatic heterocycles. The average molecular weight is 164 g/mol. The van der Waals surface area contributed by atoms with E-state index in [2.05, 4.69) is 0 Å². The predicted molar refractivity (Wildman–Crippen MR) is 48.5 cm³/mol. The van der Waals surface area contributed by atoms with Gasteiger partial charge in [0, 0.05) is 6.54 Å². The van der Waals surface area contributed by atoms with Crippen molar-refractivity contribution in [3.63, 3.8) is 0 Å². The first-order chi connectivity index (χ1) is 5.74. The van der Waals surface area contributed by atoms with E-state index in [1.54, 1.807) is 18.7 Å². The van der Waals surface area contributed by atoms with Crippen LogP contribution in [0.5, 0.6) is 0 Å². The smallest absolute Gasteiger partial charge is 0.423 e. The van der Waals surface area contributed by atoms with Crippen LogP contribution < -0.4 is 11.2 Å². The molecule has 0 bridgehead atoms. The second-order valence-corrected chi connectivity index (χ2v) is 2.56. The SMILES string of the molecule is N[CH]Cc1ccc(B(O)O)cc1. The summed E-state index contributed by atoms with van der Waals surface area (Å²) in [6.45, 7) is 1.56. The van der Waals surface area contributed by atoms with Crippen LogP contribution in [0, 0.1) is 6.54 Å². The molecule has 1 aromatic carbocycles. The first-order valence-corrected chi connectivity index (χ1v) is 3.72. The Morgan fingerprint density at radius 3 is 2.25 bits per heavy atom. The van der Waals surface area contributed by atoms with Crippen LogP contribution in [0.3, 0.4) is 0 Å². The first kappa shape index (κ1) is 9.25. The Bertz CT molecular complexity index is 235. The summed E-state index contributed by atoms with van der Waals surface area (Å²) in [5.74, 6) is 0. The molecular formula is C8H11BNO2. The van der Waals surface area contributed by atoms with Crippen LogP contribution in [0.25, 0.3) is 0 Å². The number of benzene rings is 1. The van der Waals surface area contributed by atoms with Crippen LogP contribution in [-0.2, 0) is 6.42 Å². The number of hydrogen-bond acceptors (Lipinski definition) is 3. The molecule has 3 nitrogen and oxygen atoms in total. The van der Waals surface area contributed by atoms with Crippen molar-refractivity contribution in [1.82, 2.24) is 0 Å². The lowest BCUT2D eigenvalue weighted by Gasteiger charge is -2.00. The van der Waals surface area contributed by atoms with E-state index in [9.17, 15) is 0 Å². The van der Waals surface area contributed by atoms with Crippen molar-refractivity contribution in [3.05, 3.63) is 36.4 Å². The molecule has 0 saturated carbocycles. The van der Waals surface area contributed by atoms with Gasteiger partial charge in [0.1, 0.15) is 0 Å². The minimum atomic E-state index is -1.39. The van der Waals surface area contributed by atoms with Gasteiger partial charge < -0.3 is 15.8 Å². The topological polar surface area (TPSA) is 66.5 Å². The van der Waals surface area contributed by atoms with Gasteiger partial charge in [-0.05, 0) is 17.4 Å². The minimum absolute atomic E-state index is 0.496. The van der Waals surface area contributed by atoms with Crippen molar-refractivity contribution in [2.24, 2.45) is 5.73 Å². The Balaban J connectivity index is 2.71. The Morgan fingerprint density at radius 1 is 1.25 bits per heavy atom. The molecule has 4 heteroatoms. The monoisotopic (exact) mass is 164 g/mol. The lowest BCUT2D eigenvalue weighted by Crippen LogP contribution is -2.29. The van der Waals surface area contributed by atoms with Crippen LogP contribution in [0.1, 0.15) is 5.56 Å². The molecule has 0 spiro atoms. The van der Waals surface area contributed by atoms with Crippen molar-refractivity contribution in [1.29, 1.82) is 0 Å². The highest BCUT2D eigenvalue weighted by atomic mass is 16.4. The van der Waals surface area contributed by atoms with Gasteiger partial charge in [-0.3, -0.25) is 0 Å². The van der Waals surface area contributed by atoms with Gasteiger partial charge in [0.2, 0.25) is 0 Å². The summed E-state index contributed by atoms with van der Waals surface area (Å²) in [5.41, 5.74) is 6.79. The van der Waals surface area contributed by atoms with Gasteiger partial charge in [0.05, 0.1) is 0 Å². The summed E-state index contributed by atoms with van der Waals surface area (Å²) in [5, 5.41) is 17.5. The highest BCUT2D eigenvalue weighted by Gasteiger charge is 2.08. The van der Waals surface area contributed by atoms with Crippen LogP contribution in [0.4, 0.5) is 0 Å². The fraction of sp³-hybridized carbons (Fsp3) is 0.125. The molecule has 0 saturated heterocycles. The van der Waals surface area contributed by atoms with Gasteiger partial charge in [0.15, 0.2) is 0 Å². The van der Waals surface area contributed by atoms with E-state index < -0.39 is 7.12 Å². The normalized spacial score (nSPS) is 9.92. The number of nitrogens with two attached hydrogens (primary N) is 1. The zero-order valence-electron chi connectivity index (χ0n) is 6.64. The molecule has 0 fully saturated rings. The largest absolute Gasteiger partial charge is 0.488 e. The standard InChI is InChI=1S/C8H11BNO2/c10-6-5-7-1-3-8(4-2-7)9(11)12/h1-4,6,11-12H,5,10H2. The molecule has 0 atom stereocenters. The molecule has 12 heavy (non-hydrogen) atoms. The van der Waals surface area contributed by atoms with Crippen molar-refractivity contribution < 1.29 is 10.0 Å².